The van der Waals surface area contributed by atoms with Crippen molar-refractivity contribution in [1.82, 2.24) is 5.32 Å². The van der Waals surface area contributed by atoms with Crippen molar-refractivity contribution < 1.29 is 4.39 Å². The highest BCUT2D eigenvalue weighted by atomic mass is 19.1. The Hall–Kier alpha value is -0.890. The van der Waals surface area contributed by atoms with E-state index in [2.05, 4.69) is 5.32 Å². The van der Waals surface area contributed by atoms with Gasteiger partial charge in [-0.15, -0.1) is 0 Å². The Balaban J connectivity index is 1.85. The molecule has 0 atom stereocenters. The van der Waals surface area contributed by atoms with Gasteiger partial charge in [0.1, 0.15) is 5.82 Å². The van der Waals surface area contributed by atoms with Gasteiger partial charge in [-0.25, -0.2) is 4.39 Å². The highest BCUT2D eigenvalue weighted by Gasteiger charge is 2.37. The zero-order valence-electron chi connectivity index (χ0n) is 10.9. The van der Waals surface area contributed by atoms with Gasteiger partial charge in [-0.05, 0) is 37.3 Å². The van der Waals surface area contributed by atoms with Crippen LogP contribution in [0.2, 0.25) is 0 Å². The predicted molar refractivity (Wildman–Crippen MR) is 72.2 cm³/mol. The number of hydrogen-bond donors (Lipinski definition) is 1. The van der Waals surface area contributed by atoms with Crippen molar-refractivity contribution in [2.75, 3.05) is 6.54 Å². The second-order valence-electron chi connectivity index (χ2n) is 5.98. The molecule has 0 aromatic heterocycles. The van der Waals surface area contributed by atoms with Gasteiger partial charge in [-0.1, -0.05) is 37.5 Å². The Morgan fingerprint density at radius 1 is 1.11 bits per heavy atom. The van der Waals surface area contributed by atoms with E-state index in [0.29, 0.717) is 6.04 Å². The van der Waals surface area contributed by atoms with E-state index in [4.69, 9.17) is 0 Å². The van der Waals surface area contributed by atoms with Crippen molar-refractivity contribution in [3.8, 4) is 0 Å². The maximum absolute atomic E-state index is 14.1. The number of nitrogens with one attached hydrogen (secondary N) is 1. The predicted octanol–water partition coefficient (Wildman–Crippen LogP) is 3.78. The van der Waals surface area contributed by atoms with Crippen LogP contribution in [0, 0.1) is 5.82 Å². The Labute approximate surface area is 109 Å². The molecule has 2 heteroatoms. The molecule has 0 unspecified atom stereocenters. The minimum absolute atomic E-state index is 0.0167. The van der Waals surface area contributed by atoms with E-state index in [0.717, 1.165) is 24.9 Å². The lowest BCUT2D eigenvalue weighted by Gasteiger charge is -2.38. The first kappa shape index (κ1) is 12.2. The average molecular weight is 247 g/mol. The fourth-order valence-electron chi connectivity index (χ4n) is 3.29. The normalized spacial score (nSPS) is 22.9. The number of benzene rings is 1. The van der Waals surface area contributed by atoms with Crippen LogP contribution in [-0.4, -0.2) is 12.6 Å². The monoisotopic (exact) mass is 247 g/mol. The van der Waals surface area contributed by atoms with Gasteiger partial charge in [-0.2, -0.15) is 0 Å². The van der Waals surface area contributed by atoms with Gasteiger partial charge in [0, 0.05) is 18.0 Å². The van der Waals surface area contributed by atoms with Crippen LogP contribution in [0.15, 0.2) is 24.3 Å². The lowest BCUT2D eigenvalue weighted by atomic mass is 9.69. The molecule has 2 saturated carbocycles. The largest absolute Gasteiger partial charge is 0.313 e. The maximum atomic E-state index is 14.1. The van der Waals surface area contributed by atoms with E-state index in [9.17, 15) is 4.39 Å². The molecular weight excluding hydrogens is 225 g/mol. The SMILES string of the molecule is Fc1ccccc1C1(CNC2CC2)CCCCC1. The molecule has 2 fully saturated rings. The second kappa shape index (κ2) is 5.00. The average Bonchev–Trinajstić information content (AvgIpc) is 3.22. The molecule has 1 aromatic carbocycles. The second-order valence-corrected chi connectivity index (χ2v) is 5.98. The number of halogens is 1. The van der Waals surface area contributed by atoms with Crippen LogP contribution in [0.4, 0.5) is 4.39 Å². The third-order valence-corrected chi connectivity index (χ3v) is 4.56. The van der Waals surface area contributed by atoms with Crippen molar-refractivity contribution in [3.05, 3.63) is 35.6 Å². The topological polar surface area (TPSA) is 12.0 Å². The van der Waals surface area contributed by atoms with Crippen molar-refractivity contribution in [3.63, 3.8) is 0 Å². The molecule has 0 bridgehead atoms. The molecule has 1 nitrogen and oxygen atoms in total. The van der Waals surface area contributed by atoms with Crippen LogP contribution >= 0.6 is 0 Å². The summed E-state index contributed by atoms with van der Waals surface area (Å²) in [5.74, 6) is -0.0167. The molecule has 1 N–H and O–H groups in total. The summed E-state index contributed by atoms with van der Waals surface area (Å²) in [6.07, 6.45) is 8.64. The lowest BCUT2D eigenvalue weighted by Crippen LogP contribution is -2.41. The molecule has 1 aromatic rings. The summed E-state index contributed by atoms with van der Waals surface area (Å²) in [6, 6.07) is 8.09. The van der Waals surface area contributed by atoms with Crippen LogP contribution in [0.3, 0.4) is 0 Å². The summed E-state index contributed by atoms with van der Waals surface area (Å²) in [7, 11) is 0. The van der Waals surface area contributed by atoms with Crippen molar-refractivity contribution in [1.29, 1.82) is 0 Å². The summed E-state index contributed by atoms with van der Waals surface area (Å²) in [5, 5.41) is 3.63. The molecule has 2 aliphatic rings. The molecular formula is C16H22FN. The van der Waals surface area contributed by atoms with E-state index in [1.807, 2.05) is 12.1 Å². The first-order chi connectivity index (χ1) is 8.80. The highest BCUT2D eigenvalue weighted by Crippen LogP contribution is 2.40. The van der Waals surface area contributed by atoms with E-state index < -0.39 is 0 Å². The maximum Gasteiger partial charge on any atom is 0.127 e. The summed E-state index contributed by atoms with van der Waals surface area (Å²) in [5.41, 5.74) is 0.990. The van der Waals surface area contributed by atoms with Crippen LogP contribution in [0.1, 0.15) is 50.5 Å². The third kappa shape index (κ3) is 2.44. The summed E-state index contributed by atoms with van der Waals surface area (Å²) in [6.45, 7) is 0.957. The van der Waals surface area contributed by atoms with E-state index in [1.54, 1.807) is 12.1 Å². The molecule has 0 heterocycles. The van der Waals surface area contributed by atoms with Crippen LogP contribution in [0.5, 0.6) is 0 Å². The Bertz CT molecular complexity index is 405. The number of rotatable bonds is 4. The standard InChI is InChI=1S/C16H22FN/c17-15-7-3-2-6-14(15)16(10-4-1-5-11-16)12-18-13-8-9-13/h2-3,6-7,13,18H,1,4-5,8-12H2. The van der Waals surface area contributed by atoms with Gasteiger partial charge >= 0.3 is 0 Å². The molecule has 0 saturated heterocycles. The Kier molecular flexibility index (Phi) is 3.38. The van der Waals surface area contributed by atoms with E-state index >= 15 is 0 Å². The molecule has 0 radical (unpaired) electrons. The van der Waals surface area contributed by atoms with Crippen LogP contribution < -0.4 is 5.32 Å². The summed E-state index contributed by atoms with van der Waals surface area (Å²) < 4.78 is 14.1. The quantitative estimate of drug-likeness (QED) is 0.853. The third-order valence-electron chi connectivity index (χ3n) is 4.56. The van der Waals surface area contributed by atoms with Gasteiger partial charge < -0.3 is 5.32 Å². The molecule has 3 rings (SSSR count). The highest BCUT2D eigenvalue weighted by molar-refractivity contribution is 5.28. The molecule has 98 valence electrons. The van der Waals surface area contributed by atoms with Gasteiger partial charge in [0.05, 0.1) is 0 Å². The zero-order chi connectivity index (χ0) is 12.4. The fourth-order valence-corrected chi connectivity index (χ4v) is 3.29. The van der Waals surface area contributed by atoms with Gasteiger partial charge in [0.25, 0.3) is 0 Å². The fraction of sp³-hybridized carbons (Fsp3) is 0.625. The molecule has 18 heavy (non-hydrogen) atoms. The lowest BCUT2D eigenvalue weighted by molar-refractivity contribution is 0.271. The smallest absolute Gasteiger partial charge is 0.127 e. The van der Waals surface area contributed by atoms with Gasteiger partial charge in [-0.3, -0.25) is 0 Å². The van der Waals surface area contributed by atoms with E-state index in [1.165, 1.54) is 32.1 Å². The molecule has 2 aliphatic carbocycles. The van der Waals surface area contributed by atoms with Gasteiger partial charge in [0.2, 0.25) is 0 Å². The molecule has 0 amide bonds. The van der Waals surface area contributed by atoms with E-state index in [-0.39, 0.29) is 11.2 Å². The first-order valence-corrected chi connectivity index (χ1v) is 7.29. The number of hydrogen-bond acceptors (Lipinski definition) is 1. The minimum atomic E-state index is -0.0167. The first-order valence-electron chi connectivity index (χ1n) is 7.29. The zero-order valence-corrected chi connectivity index (χ0v) is 10.9. The van der Waals surface area contributed by atoms with Crippen molar-refractivity contribution in [2.24, 2.45) is 0 Å². The van der Waals surface area contributed by atoms with Gasteiger partial charge in [0.15, 0.2) is 0 Å². The van der Waals surface area contributed by atoms with Crippen LogP contribution in [0.25, 0.3) is 0 Å². The van der Waals surface area contributed by atoms with Crippen molar-refractivity contribution >= 4 is 0 Å². The van der Waals surface area contributed by atoms with Crippen LogP contribution in [-0.2, 0) is 5.41 Å². The molecule has 0 spiro atoms. The van der Waals surface area contributed by atoms with Crippen molar-refractivity contribution in [2.45, 2.75) is 56.4 Å². The minimum Gasteiger partial charge on any atom is -0.313 e. The summed E-state index contributed by atoms with van der Waals surface area (Å²) in [4.78, 5) is 0. The Morgan fingerprint density at radius 2 is 1.83 bits per heavy atom. The Morgan fingerprint density at radius 3 is 2.50 bits per heavy atom. The summed E-state index contributed by atoms with van der Waals surface area (Å²) >= 11 is 0. The molecule has 0 aliphatic heterocycles.